The van der Waals surface area contributed by atoms with Gasteiger partial charge < -0.3 is 20.1 Å². The minimum Gasteiger partial charge on any atom is -0.496 e. The van der Waals surface area contributed by atoms with Crippen molar-refractivity contribution in [2.75, 3.05) is 30.4 Å². The van der Waals surface area contributed by atoms with Crippen LogP contribution in [-0.4, -0.2) is 52.1 Å². The Morgan fingerprint density at radius 1 is 1.22 bits per heavy atom. The van der Waals surface area contributed by atoms with Gasteiger partial charge in [0.05, 0.1) is 30.0 Å². The van der Waals surface area contributed by atoms with Gasteiger partial charge in [-0.15, -0.1) is 0 Å². The molecule has 0 amide bonds. The van der Waals surface area contributed by atoms with Crippen LogP contribution in [0.1, 0.15) is 23.2 Å². The Kier molecular flexibility index (Phi) is 5.18. The summed E-state index contributed by atoms with van der Waals surface area (Å²) in [5, 5.41) is 12.8. The normalized spacial score (nSPS) is 15.9. The predicted molar refractivity (Wildman–Crippen MR) is 117 cm³/mol. The average molecular weight is 435 g/mol. The number of benzene rings is 1. The number of aliphatic hydroxyl groups is 1. The lowest BCUT2D eigenvalue weighted by Gasteiger charge is -2.38. The zero-order chi connectivity index (χ0) is 22.2. The van der Waals surface area contributed by atoms with E-state index in [0.717, 1.165) is 18.5 Å². The summed E-state index contributed by atoms with van der Waals surface area (Å²) in [5.41, 5.74) is 1.49. The van der Waals surface area contributed by atoms with Crippen LogP contribution < -0.4 is 15.0 Å². The number of Topliss-reactive ketones (excluding diaryl/α,β-unsaturated/α-hetero) is 1. The second kappa shape index (κ2) is 8.16. The maximum Gasteiger partial charge on any atom is 0.169 e. The number of rotatable bonds is 7. The van der Waals surface area contributed by atoms with Crippen LogP contribution in [0.2, 0.25) is 0 Å². The minimum atomic E-state index is -0.485. The summed E-state index contributed by atoms with van der Waals surface area (Å²) in [6.45, 7) is 0.943. The molecule has 32 heavy (non-hydrogen) atoms. The zero-order valence-corrected chi connectivity index (χ0v) is 17.5. The van der Waals surface area contributed by atoms with Crippen molar-refractivity contribution in [3.8, 4) is 17.1 Å². The fraction of sp³-hybridized carbons (Fsp3) is 0.304. The van der Waals surface area contributed by atoms with Crippen molar-refractivity contribution in [2.24, 2.45) is 5.92 Å². The van der Waals surface area contributed by atoms with Gasteiger partial charge in [0.25, 0.3) is 0 Å². The van der Waals surface area contributed by atoms with E-state index in [1.165, 1.54) is 19.4 Å². The molecule has 0 radical (unpaired) electrons. The second-order valence-electron chi connectivity index (χ2n) is 7.99. The molecular formula is C23H22FN5O3. The molecule has 9 heteroatoms. The third-order valence-electron chi connectivity index (χ3n) is 5.63. The molecule has 1 saturated heterocycles. The number of β-amino-alcohol motifs (C(OH)–C–C–N with tert-alkyl or cyclic N) is 1. The van der Waals surface area contributed by atoms with Gasteiger partial charge in [-0.25, -0.2) is 19.3 Å². The fourth-order valence-electron chi connectivity index (χ4n) is 3.75. The van der Waals surface area contributed by atoms with Gasteiger partial charge in [0, 0.05) is 37.5 Å². The number of ether oxygens (including phenoxy) is 1. The summed E-state index contributed by atoms with van der Waals surface area (Å²) < 4.78 is 19.7. The molecule has 2 fully saturated rings. The van der Waals surface area contributed by atoms with E-state index < -0.39 is 11.9 Å². The van der Waals surface area contributed by atoms with Gasteiger partial charge in [0.15, 0.2) is 11.6 Å². The average Bonchev–Trinajstić information content (AvgIpc) is 3.62. The number of aliphatic hydroxyl groups excluding tert-OH is 1. The van der Waals surface area contributed by atoms with Crippen LogP contribution in [0, 0.1) is 11.7 Å². The number of hydrogen-bond acceptors (Lipinski definition) is 8. The van der Waals surface area contributed by atoms with Crippen molar-refractivity contribution in [1.82, 2.24) is 15.0 Å². The molecule has 8 nitrogen and oxygen atoms in total. The molecule has 3 aromatic rings. The quantitative estimate of drug-likeness (QED) is 0.546. The molecule has 0 bridgehead atoms. The Labute approximate surface area is 184 Å². The maximum absolute atomic E-state index is 14.4. The number of nitrogens with one attached hydrogen (secondary N) is 1. The molecule has 1 aliphatic heterocycles. The van der Waals surface area contributed by atoms with E-state index in [1.807, 2.05) is 4.90 Å². The molecular weight excluding hydrogens is 413 g/mol. The highest BCUT2D eigenvalue weighted by Gasteiger charge is 2.35. The molecule has 1 aromatic carbocycles. The smallest absolute Gasteiger partial charge is 0.169 e. The van der Waals surface area contributed by atoms with Gasteiger partial charge in [-0.2, -0.15) is 0 Å². The topological polar surface area (TPSA) is 100 Å². The lowest BCUT2D eigenvalue weighted by molar-refractivity contribution is 0.0965. The molecule has 1 aliphatic carbocycles. The number of halogens is 1. The number of carbonyl (C=O) groups is 1. The third-order valence-corrected chi connectivity index (χ3v) is 5.63. The van der Waals surface area contributed by atoms with E-state index in [-0.39, 0.29) is 23.1 Å². The van der Waals surface area contributed by atoms with E-state index in [0.29, 0.717) is 36.0 Å². The summed E-state index contributed by atoms with van der Waals surface area (Å²) in [6.07, 6.45) is 4.51. The lowest BCUT2D eigenvalue weighted by atomic mass is 10.0. The molecule has 2 aromatic heterocycles. The standard InChI is InChI=1S/C23H22FN5O3/c1-32-18-4-2-3-16(24)21(18)23-25-8-7-19(28-23)27-20-9-17(29-11-14(30)12-29)15(10-26-20)22(31)13-5-6-13/h2-4,7-10,13-14,30H,5-6,11-12H2,1H3,(H,25,26,27,28). The lowest BCUT2D eigenvalue weighted by Crippen LogP contribution is -2.51. The van der Waals surface area contributed by atoms with E-state index >= 15 is 0 Å². The van der Waals surface area contributed by atoms with Gasteiger partial charge in [-0.3, -0.25) is 4.79 Å². The van der Waals surface area contributed by atoms with Crippen LogP contribution in [0.3, 0.4) is 0 Å². The maximum atomic E-state index is 14.4. The van der Waals surface area contributed by atoms with Crippen molar-refractivity contribution < 1.29 is 19.0 Å². The van der Waals surface area contributed by atoms with Crippen LogP contribution in [0.5, 0.6) is 5.75 Å². The first-order chi connectivity index (χ1) is 15.5. The summed E-state index contributed by atoms with van der Waals surface area (Å²) in [4.78, 5) is 27.7. The highest BCUT2D eigenvalue weighted by atomic mass is 19.1. The predicted octanol–water partition coefficient (Wildman–Crippen LogP) is 3.20. The number of carbonyl (C=O) groups excluding carboxylic acids is 1. The van der Waals surface area contributed by atoms with E-state index in [2.05, 4.69) is 20.3 Å². The van der Waals surface area contributed by atoms with Crippen molar-refractivity contribution in [3.63, 3.8) is 0 Å². The first-order valence-corrected chi connectivity index (χ1v) is 10.4. The molecule has 0 spiro atoms. The summed E-state index contributed by atoms with van der Waals surface area (Å²) in [6, 6.07) is 7.96. The van der Waals surface area contributed by atoms with Gasteiger partial charge in [-0.05, 0) is 31.0 Å². The van der Waals surface area contributed by atoms with Gasteiger partial charge in [0.1, 0.15) is 23.2 Å². The monoisotopic (exact) mass is 435 g/mol. The van der Waals surface area contributed by atoms with Crippen molar-refractivity contribution >= 4 is 23.1 Å². The molecule has 164 valence electrons. The number of hydrogen-bond donors (Lipinski definition) is 2. The molecule has 1 saturated carbocycles. The first kappa shape index (κ1) is 20.3. The van der Waals surface area contributed by atoms with Gasteiger partial charge >= 0.3 is 0 Å². The highest BCUT2D eigenvalue weighted by molar-refractivity contribution is 6.04. The van der Waals surface area contributed by atoms with Crippen molar-refractivity contribution in [1.29, 1.82) is 0 Å². The SMILES string of the molecule is COc1cccc(F)c1-c1nccc(Nc2cc(N3CC(O)C3)c(C(=O)C3CC3)cn2)n1. The number of anilines is 3. The molecule has 0 unspecified atom stereocenters. The Morgan fingerprint density at radius 2 is 2.03 bits per heavy atom. The Hall–Kier alpha value is -3.59. The van der Waals surface area contributed by atoms with Gasteiger partial charge in [-0.1, -0.05) is 6.07 Å². The molecule has 2 aliphatic rings. The van der Waals surface area contributed by atoms with Crippen LogP contribution in [-0.2, 0) is 0 Å². The largest absolute Gasteiger partial charge is 0.496 e. The molecule has 2 N–H and O–H groups in total. The van der Waals surface area contributed by atoms with E-state index in [4.69, 9.17) is 4.74 Å². The third kappa shape index (κ3) is 3.87. The van der Waals surface area contributed by atoms with Gasteiger partial charge in [0.2, 0.25) is 0 Å². The molecule has 0 atom stereocenters. The Bertz CT molecular complexity index is 1180. The second-order valence-corrected chi connectivity index (χ2v) is 7.99. The molecule has 3 heterocycles. The first-order valence-electron chi connectivity index (χ1n) is 10.4. The van der Waals surface area contributed by atoms with Crippen LogP contribution in [0.25, 0.3) is 11.4 Å². The van der Waals surface area contributed by atoms with Crippen molar-refractivity contribution in [3.05, 3.63) is 54.1 Å². The summed E-state index contributed by atoms with van der Waals surface area (Å²) in [7, 11) is 1.46. The zero-order valence-electron chi connectivity index (χ0n) is 17.5. The minimum absolute atomic E-state index is 0.0701. The highest BCUT2D eigenvalue weighted by Crippen LogP contribution is 2.37. The van der Waals surface area contributed by atoms with Crippen molar-refractivity contribution in [2.45, 2.75) is 18.9 Å². The Morgan fingerprint density at radius 3 is 2.75 bits per heavy atom. The van der Waals surface area contributed by atoms with Crippen LogP contribution >= 0.6 is 0 Å². The van der Waals surface area contributed by atoms with E-state index in [9.17, 15) is 14.3 Å². The Balaban J connectivity index is 1.45. The number of methoxy groups -OCH3 is 1. The number of ketones is 1. The van der Waals surface area contributed by atoms with E-state index in [1.54, 1.807) is 30.5 Å². The number of nitrogens with zero attached hydrogens (tertiary/aromatic N) is 4. The molecule has 5 rings (SSSR count). The number of aromatic nitrogens is 3. The van der Waals surface area contributed by atoms with Crippen LogP contribution in [0.15, 0.2) is 42.7 Å². The summed E-state index contributed by atoms with van der Waals surface area (Å²) >= 11 is 0. The van der Waals surface area contributed by atoms with Crippen LogP contribution in [0.4, 0.5) is 21.7 Å². The summed E-state index contributed by atoms with van der Waals surface area (Å²) in [5.74, 6) is 1.10. The fourth-order valence-corrected chi connectivity index (χ4v) is 3.75. The number of pyridine rings is 1.